The number of hydrogen-bond donors (Lipinski definition) is 0. The molecule has 2 nitrogen and oxygen atoms in total. The molecule has 0 aliphatic heterocycles. The second-order valence-corrected chi connectivity index (χ2v) is 4.97. The normalized spacial score (nSPS) is 12.2. The van der Waals surface area contributed by atoms with Gasteiger partial charge in [0.1, 0.15) is 5.92 Å². The third-order valence-corrected chi connectivity index (χ3v) is 2.87. The summed E-state index contributed by atoms with van der Waals surface area (Å²) in [5, 5.41) is 8.92. The first-order chi connectivity index (χ1) is 7.06. The van der Waals surface area contributed by atoms with E-state index in [4.69, 9.17) is 5.26 Å². The maximum absolute atomic E-state index is 11.9. The highest BCUT2D eigenvalue weighted by molar-refractivity contribution is 14.1. The zero-order valence-corrected chi connectivity index (χ0v) is 10.9. The number of benzene rings is 1. The van der Waals surface area contributed by atoms with E-state index in [0.717, 1.165) is 3.57 Å². The van der Waals surface area contributed by atoms with Gasteiger partial charge in [-0.1, -0.05) is 26.0 Å². The van der Waals surface area contributed by atoms with Crippen molar-refractivity contribution in [1.82, 2.24) is 0 Å². The number of carbonyl (C=O) groups excluding carboxylic acids is 1. The number of nitrogens with zero attached hydrogens (tertiary/aromatic N) is 1. The second kappa shape index (κ2) is 5.26. The van der Waals surface area contributed by atoms with Gasteiger partial charge in [0, 0.05) is 9.13 Å². The lowest BCUT2D eigenvalue weighted by atomic mass is 9.89. The summed E-state index contributed by atoms with van der Waals surface area (Å²) in [5.74, 6) is -0.561. The van der Waals surface area contributed by atoms with Crippen molar-refractivity contribution in [3.05, 3.63) is 33.4 Å². The molecular weight excluding hydrogens is 301 g/mol. The smallest absolute Gasteiger partial charge is 0.180 e. The maximum Gasteiger partial charge on any atom is 0.180 e. The van der Waals surface area contributed by atoms with E-state index in [1.807, 2.05) is 32.0 Å². The molecule has 1 unspecified atom stereocenters. The molecule has 1 aromatic carbocycles. The Kier molecular flexibility index (Phi) is 4.28. The Morgan fingerprint density at radius 3 is 2.60 bits per heavy atom. The minimum atomic E-state index is -0.539. The number of ketones is 1. The summed E-state index contributed by atoms with van der Waals surface area (Å²) in [6.07, 6.45) is 0. The van der Waals surface area contributed by atoms with Crippen LogP contribution in [0.1, 0.15) is 24.2 Å². The summed E-state index contributed by atoms with van der Waals surface area (Å²) in [7, 11) is 0. The van der Waals surface area contributed by atoms with Gasteiger partial charge < -0.3 is 0 Å². The number of halogens is 1. The van der Waals surface area contributed by atoms with E-state index >= 15 is 0 Å². The van der Waals surface area contributed by atoms with Crippen LogP contribution in [0.3, 0.4) is 0 Å². The third kappa shape index (κ3) is 3.03. The van der Waals surface area contributed by atoms with Crippen molar-refractivity contribution >= 4 is 28.4 Å². The summed E-state index contributed by atoms with van der Waals surface area (Å²) >= 11 is 2.16. The first kappa shape index (κ1) is 12.2. The number of rotatable bonds is 3. The number of hydrogen-bond acceptors (Lipinski definition) is 2. The molecule has 0 saturated carbocycles. The van der Waals surface area contributed by atoms with Gasteiger partial charge in [-0.15, -0.1) is 0 Å². The SMILES string of the molecule is CC(C)C(C#N)C(=O)c1cccc(I)c1. The molecule has 0 saturated heterocycles. The average molecular weight is 313 g/mol. The third-order valence-electron chi connectivity index (χ3n) is 2.20. The van der Waals surface area contributed by atoms with Crippen molar-refractivity contribution in [3.8, 4) is 6.07 Å². The van der Waals surface area contributed by atoms with Crippen molar-refractivity contribution in [2.45, 2.75) is 13.8 Å². The van der Waals surface area contributed by atoms with Crippen LogP contribution in [0, 0.1) is 26.7 Å². The Hall–Kier alpha value is -0.890. The number of Topliss-reactive ketones (excluding diaryl/α,β-unsaturated/α-hetero) is 1. The summed E-state index contributed by atoms with van der Waals surface area (Å²) in [6, 6.07) is 9.41. The molecular formula is C12H12INO. The first-order valence-electron chi connectivity index (χ1n) is 4.75. The van der Waals surface area contributed by atoms with E-state index < -0.39 is 5.92 Å². The van der Waals surface area contributed by atoms with Gasteiger partial charge in [0.05, 0.1) is 6.07 Å². The molecule has 15 heavy (non-hydrogen) atoms. The number of nitriles is 1. The molecule has 0 spiro atoms. The van der Waals surface area contributed by atoms with Crippen molar-refractivity contribution in [2.24, 2.45) is 11.8 Å². The lowest BCUT2D eigenvalue weighted by molar-refractivity contribution is 0.0924. The monoisotopic (exact) mass is 313 g/mol. The summed E-state index contributed by atoms with van der Waals surface area (Å²) in [5.41, 5.74) is 0.627. The van der Waals surface area contributed by atoms with Gasteiger partial charge in [0.25, 0.3) is 0 Å². The topological polar surface area (TPSA) is 40.9 Å². The fourth-order valence-electron chi connectivity index (χ4n) is 1.33. The first-order valence-corrected chi connectivity index (χ1v) is 5.83. The van der Waals surface area contributed by atoms with Crippen molar-refractivity contribution in [3.63, 3.8) is 0 Å². The standard InChI is InChI=1S/C12H12INO/c1-8(2)11(7-14)12(15)9-4-3-5-10(13)6-9/h3-6,8,11H,1-2H3. The molecule has 0 N–H and O–H groups in total. The molecule has 0 amide bonds. The van der Waals surface area contributed by atoms with Gasteiger partial charge in [-0.05, 0) is 40.6 Å². The molecule has 0 aliphatic rings. The van der Waals surface area contributed by atoms with Crippen LogP contribution in [0.15, 0.2) is 24.3 Å². The fourth-order valence-corrected chi connectivity index (χ4v) is 1.87. The van der Waals surface area contributed by atoms with Gasteiger partial charge in [-0.25, -0.2) is 0 Å². The minimum Gasteiger partial charge on any atom is -0.293 e. The summed E-state index contributed by atoms with van der Waals surface area (Å²) in [6.45, 7) is 3.78. The molecule has 3 heteroatoms. The van der Waals surface area contributed by atoms with Crippen molar-refractivity contribution in [2.75, 3.05) is 0 Å². The van der Waals surface area contributed by atoms with Gasteiger partial charge in [-0.2, -0.15) is 5.26 Å². The quantitative estimate of drug-likeness (QED) is 0.635. The van der Waals surface area contributed by atoms with Crippen LogP contribution in [0.2, 0.25) is 0 Å². The van der Waals surface area contributed by atoms with Crippen molar-refractivity contribution in [1.29, 1.82) is 5.26 Å². The fraction of sp³-hybridized carbons (Fsp3) is 0.333. The van der Waals surface area contributed by atoms with Gasteiger partial charge in [0.15, 0.2) is 5.78 Å². The Morgan fingerprint density at radius 1 is 1.47 bits per heavy atom. The van der Waals surface area contributed by atoms with E-state index in [0.29, 0.717) is 5.56 Å². The molecule has 0 aromatic heterocycles. The molecule has 0 bridgehead atoms. The van der Waals surface area contributed by atoms with E-state index in [2.05, 4.69) is 28.7 Å². The predicted molar refractivity (Wildman–Crippen MR) is 67.4 cm³/mol. The highest BCUT2D eigenvalue weighted by Gasteiger charge is 2.22. The zero-order chi connectivity index (χ0) is 11.4. The molecule has 0 heterocycles. The van der Waals surface area contributed by atoms with Crippen LogP contribution in [0.25, 0.3) is 0 Å². The maximum atomic E-state index is 11.9. The molecule has 1 rings (SSSR count). The highest BCUT2D eigenvalue weighted by atomic mass is 127. The minimum absolute atomic E-state index is 0.0559. The molecule has 78 valence electrons. The van der Waals surface area contributed by atoms with Crippen LogP contribution in [0.4, 0.5) is 0 Å². The van der Waals surface area contributed by atoms with Crippen LogP contribution < -0.4 is 0 Å². The lowest BCUT2D eigenvalue weighted by Crippen LogP contribution is -2.18. The zero-order valence-electron chi connectivity index (χ0n) is 8.70. The van der Waals surface area contributed by atoms with Gasteiger partial charge in [0.2, 0.25) is 0 Å². The van der Waals surface area contributed by atoms with Gasteiger partial charge >= 0.3 is 0 Å². The Labute approximate surface area is 103 Å². The number of carbonyl (C=O) groups is 1. The van der Waals surface area contributed by atoms with Crippen LogP contribution >= 0.6 is 22.6 Å². The molecule has 1 atom stereocenters. The average Bonchev–Trinajstić information content (AvgIpc) is 2.18. The summed E-state index contributed by atoms with van der Waals surface area (Å²) < 4.78 is 1.01. The molecule has 0 radical (unpaired) electrons. The Morgan fingerprint density at radius 2 is 2.13 bits per heavy atom. The van der Waals surface area contributed by atoms with E-state index in [9.17, 15) is 4.79 Å². The van der Waals surface area contributed by atoms with E-state index in [1.165, 1.54) is 0 Å². The lowest BCUT2D eigenvalue weighted by Gasteiger charge is -2.11. The Bertz CT molecular complexity index is 406. The van der Waals surface area contributed by atoms with Crippen molar-refractivity contribution < 1.29 is 4.79 Å². The molecule has 1 aromatic rings. The van der Waals surface area contributed by atoms with Gasteiger partial charge in [-0.3, -0.25) is 4.79 Å². The second-order valence-electron chi connectivity index (χ2n) is 3.73. The predicted octanol–water partition coefficient (Wildman–Crippen LogP) is 3.27. The largest absolute Gasteiger partial charge is 0.293 e. The molecule has 0 aliphatic carbocycles. The van der Waals surface area contributed by atoms with Crippen LogP contribution in [-0.4, -0.2) is 5.78 Å². The summed E-state index contributed by atoms with van der Waals surface area (Å²) in [4.78, 5) is 11.9. The van der Waals surface area contributed by atoms with E-state index in [-0.39, 0.29) is 11.7 Å². The highest BCUT2D eigenvalue weighted by Crippen LogP contribution is 2.18. The van der Waals surface area contributed by atoms with E-state index in [1.54, 1.807) is 6.07 Å². The van der Waals surface area contributed by atoms with Crippen LogP contribution in [0.5, 0.6) is 0 Å². The Balaban J connectivity index is 2.99. The molecule has 0 fully saturated rings. The van der Waals surface area contributed by atoms with Crippen LogP contribution in [-0.2, 0) is 0 Å².